The fourth-order valence-corrected chi connectivity index (χ4v) is 2.81. The minimum Gasteiger partial charge on any atom is -0.357 e. The summed E-state index contributed by atoms with van der Waals surface area (Å²) in [6.45, 7) is 14.7. The molecule has 6 nitrogen and oxygen atoms in total. The molecule has 2 heterocycles. The van der Waals surface area contributed by atoms with E-state index in [0.717, 1.165) is 36.9 Å². The highest BCUT2D eigenvalue weighted by Gasteiger charge is 2.31. The van der Waals surface area contributed by atoms with E-state index < -0.39 is 0 Å². The van der Waals surface area contributed by atoms with Crippen LogP contribution in [0.1, 0.15) is 39.0 Å². The minimum absolute atomic E-state index is 0.450. The third-order valence-corrected chi connectivity index (χ3v) is 4.38. The number of likely N-dealkylation sites (tertiary alicyclic amines) is 1. The topological polar surface area (TPSA) is 68.3 Å². The summed E-state index contributed by atoms with van der Waals surface area (Å²) in [5.41, 5.74) is 2.22. The van der Waals surface area contributed by atoms with Crippen molar-refractivity contribution in [3.8, 4) is 0 Å². The van der Waals surface area contributed by atoms with Crippen LogP contribution in [-0.4, -0.2) is 52.8 Å². The van der Waals surface area contributed by atoms with Gasteiger partial charge in [0.2, 0.25) is 0 Å². The molecule has 0 radical (unpaired) electrons. The number of guanidine groups is 1. The zero-order valence-corrected chi connectivity index (χ0v) is 14.5. The molecular formula is C16H30N6. The van der Waals surface area contributed by atoms with Crippen LogP contribution >= 0.6 is 0 Å². The van der Waals surface area contributed by atoms with Crippen molar-refractivity contribution < 1.29 is 0 Å². The van der Waals surface area contributed by atoms with Gasteiger partial charge < -0.3 is 10.6 Å². The molecule has 0 aliphatic carbocycles. The second-order valence-corrected chi connectivity index (χ2v) is 6.49. The third-order valence-electron chi connectivity index (χ3n) is 4.38. The SMILES string of the molecule is CCNC(=NCc1cn[nH]c1C)NC1CN(C(C)C)CC1C. The van der Waals surface area contributed by atoms with Crippen molar-refractivity contribution in [1.29, 1.82) is 0 Å². The van der Waals surface area contributed by atoms with E-state index in [0.29, 0.717) is 24.5 Å². The molecule has 0 spiro atoms. The molecule has 2 atom stereocenters. The van der Waals surface area contributed by atoms with E-state index in [1.54, 1.807) is 0 Å². The van der Waals surface area contributed by atoms with Gasteiger partial charge in [0.1, 0.15) is 0 Å². The zero-order chi connectivity index (χ0) is 16.1. The van der Waals surface area contributed by atoms with E-state index >= 15 is 0 Å². The number of nitrogens with one attached hydrogen (secondary N) is 3. The van der Waals surface area contributed by atoms with Gasteiger partial charge in [0.15, 0.2) is 5.96 Å². The maximum Gasteiger partial charge on any atom is 0.191 e. The molecule has 0 bridgehead atoms. The summed E-state index contributed by atoms with van der Waals surface area (Å²) in [4.78, 5) is 7.22. The molecule has 1 aromatic heterocycles. The van der Waals surface area contributed by atoms with E-state index in [4.69, 9.17) is 4.99 Å². The molecule has 2 unspecified atom stereocenters. The third kappa shape index (κ3) is 4.22. The fraction of sp³-hybridized carbons (Fsp3) is 0.750. The Morgan fingerprint density at radius 3 is 2.82 bits per heavy atom. The molecule has 2 rings (SSSR count). The first-order valence-electron chi connectivity index (χ1n) is 8.29. The summed E-state index contributed by atoms with van der Waals surface area (Å²) in [5, 5.41) is 14.0. The number of hydrogen-bond acceptors (Lipinski definition) is 3. The number of aryl methyl sites for hydroxylation is 1. The van der Waals surface area contributed by atoms with Crippen molar-refractivity contribution in [2.24, 2.45) is 10.9 Å². The van der Waals surface area contributed by atoms with Gasteiger partial charge in [-0.1, -0.05) is 6.92 Å². The first-order chi connectivity index (χ1) is 10.5. The van der Waals surface area contributed by atoms with Gasteiger partial charge in [-0.3, -0.25) is 10.00 Å². The van der Waals surface area contributed by atoms with Crippen LogP contribution in [0.2, 0.25) is 0 Å². The average Bonchev–Trinajstić information content (AvgIpc) is 3.03. The van der Waals surface area contributed by atoms with Gasteiger partial charge in [0.25, 0.3) is 0 Å². The van der Waals surface area contributed by atoms with Crippen LogP contribution in [-0.2, 0) is 6.54 Å². The Bertz CT molecular complexity index is 493. The summed E-state index contributed by atoms with van der Waals surface area (Å²) in [7, 11) is 0. The Balaban J connectivity index is 1.98. The molecule has 3 N–H and O–H groups in total. The van der Waals surface area contributed by atoms with Crippen LogP contribution in [0.5, 0.6) is 0 Å². The monoisotopic (exact) mass is 306 g/mol. The highest BCUT2D eigenvalue weighted by Crippen LogP contribution is 2.18. The maximum absolute atomic E-state index is 4.70. The van der Waals surface area contributed by atoms with Gasteiger partial charge in [-0.05, 0) is 33.6 Å². The Morgan fingerprint density at radius 1 is 1.50 bits per heavy atom. The number of aromatic amines is 1. The Morgan fingerprint density at radius 2 is 2.27 bits per heavy atom. The van der Waals surface area contributed by atoms with E-state index in [1.165, 1.54) is 0 Å². The van der Waals surface area contributed by atoms with Crippen molar-refractivity contribution in [3.63, 3.8) is 0 Å². The standard InChI is InChI=1S/C16H30N6/c1-6-17-16(18-7-14-8-19-21-13(14)5)20-15-10-22(11(2)3)9-12(15)4/h8,11-12,15H,6-7,9-10H2,1-5H3,(H,19,21)(H2,17,18,20). The van der Waals surface area contributed by atoms with Crippen molar-refractivity contribution in [3.05, 3.63) is 17.5 Å². The number of rotatable bonds is 5. The summed E-state index contributed by atoms with van der Waals surface area (Å²) in [6.07, 6.45) is 1.85. The lowest BCUT2D eigenvalue weighted by Gasteiger charge is -2.21. The Hall–Kier alpha value is -1.56. The highest BCUT2D eigenvalue weighted by atomic mass is 15.3. The van der Waals surface area contributed by atoms with Gasteiger partial charge >= 0.3 is 0 Å². The molecule has 1 saturated heterocycles. The lowest BCUT2D eigenvalue weighted by Crippen LogP contribution is -2.46. The van der Waals surface area contributed by atoms with Gasteiger partial charge in [-0.2, -0.15) is 5.10 Å². The lowest BCUT2D eigenvalue weighted by molar-refractivity contribution is 0.265. The number of nitrogens with zero attached hydrogens (tertiary/aromatic N) is 3. The summed E-state index contributed by atoms with van der Waals surface area (Å²) < 4.78 is 0. The van der Waals surface area contributed by atoms with E-state index in [2.05, 4.69) is 53.4 Å². The molecule has 0 amide bonds. The molecular weight excluding hydrogens is 276 g/mol. The maximum atomic E-state index is 4.70. The molecule has 1 aliphatic heterocycles. The second kappa shape index (κ2) is 7.63. The predicted octanol–water partition coefficient (Wildman–Crippen LogP) is 1.50. The fourth-order valence-electron chi connectivity index (χ4n) is 2.81. The highest BCUT2D eigenvalue weighted by molar-refractivity contribution is 5.80. The van der Waals surface area contributed by atoms with Crippen molar-refractivity contribution in [2.45, 2.75) is 53.2 Å². The van der Waals surface area contributed by atoms with E-state index in [1.807, 2.05) is 13.1 Å². The van der Waals surface area contributed by atoms with Gasteiger partial charge in [0, 0.05) is 43.0 Å². The molecule has 1 aromatic rings. The zero-order valence-electron chi connectivity index (χ0n) is 14.5. The predicted molar refractivity (Wildman–Crippen MR) is 90.9 cm³/mol. The molecule has 22 heavy (non-hydrogen) atoms. The first-order valence-corrected chi connectivity index (χ1v) is 8.29. The normalized spacial score (nSPS) is 23.3. The summed E-state index contributed by atoms with van der Waals surface area (Å²) >= 11 is 0. The van der Waals surface area contributed by atoms with Crippen LogP contribution < -0.4 is 10.6 Å². The van der Waals surface area contributed by atoms with Gasteiger partial charge in [-0.15, -0.1) is 0 Å². The molecule has 1 fully saturated rings. The smallest absolute Gasteiger partial charge is 0.191 e. The van der Waals surface area contributed by atoms with Crippen molar-refractivity contribution in [2.75, 3.05) is 19.6 Å². The van der Waals surface area contributed by atoms with Crippen LogP contribution in [0.4, 0.5) is 0 Å². The van der Waals surface area contributed by atoms with Crippen molar-refractivity contribution in [1.82, 2.24) is 25.7 Å². The summed E-state index contributed by atoms with van der Waals surface area (Å²) in [5.74, 6) is 1.52. The van der Waals surface area contributed by atoms with Gasteiger partial charge in [-0.25, -0.2) is 4.99 Å². The van der Waals surface area contributed by atoms with Gasteiger partial charge in [0.05, 0.1) is 12.7 Å². The molecule has 124 valence electrons. The number of hydrogen-bond donors (Lipinski definition) is 3. The largest absolute Gasteiger partial charge is 0.357 e. The second-order valence-electron chi connectivity index (χ2n) is 6.49. The number of aromatic nitrogens is 2. The van der Waals surface area contributed by atoms with E-state index in [9.17, 15) is 0 Å². The van der Waals surface area contributed by atoms with Crippen LogP contribution in [0.3, 0.4) is 0 Å². The molecule has 6 heteroatoms. The first kappa shape index (κ1) is 16.8. The van der Waals surface area contributed by atoms with Crippen LogP contribution in [0.15, 0.2) is 11.2 Å². The molecule has 1 aliphatic rings. The molecule has 0 saturated carbocycles. The Labute approximate surface area is 133 Å². The summed E-state index contributed by atoms with van der Waals surface area (Å²) in [6, 6.07) is 1.05. The number of H-pyrrole nitrogens is 1. The minimum atomic E-state index is 0.450. The quantitative estimate of drug-likeness (QED) is 0.570. The van der Waals surface area contributed by atoms with E-state index in [-0.39, 0.29) is 0 Å². The number of aliphatic imine (C=N–C) groups is 1. The Kier molecular flexibility index (Phi) is 5.83. The van der Waals surface area contributed by atoms with Crippen LogP contribution in [0.25, 0.3) is 0 Å². The average molecular weight is 306 g/mol. The molecule has 0 aromatic carbocycles. The van der Waals surface area contributed by atoms with Crippen LogP contribution in [0, 0.1) is 12.8 Å². The van der Waals surface area contributed by atoms with Crippen molar-refractivity contribution >= 4 is 5.96 Å². The lowest BCUT2D eigenvalue weighted by atomic mass is 10.1.